The van der Waals surface area contributed by atoms with Gasteiger partial charge in [0, 0.05) is 13.1 Å². The molecule has 0 aliphatic rings. The topological polar surface area (TPSA) is 67.9 Å². The predicted octanol–water partition coefficient (Wildman–Crippen LogP) is 3.72. The van der Waals surface area contributed by atoms with Crippen molar-refractivity contribution in [2.24, 2.45) is 0 Å². The Bertz CT molecular complexity index is 820. The SMILES string of the molecule is CCCCNC(=O)[C@H](C)N(Cc1ccc(OC)cc1)C(=O)COc1ccccc1C. The number of hydrogen-bond acceptors (Lipinski definition) is 4. The number of benzene rings is 2. The molecule has 0 aliphatic carbocycles. The molecule has 2 aromatic rings. The monoisotopic (exact) mass is 412 g/mol. The highest BCUT2D eigenvalue weighted by Crippen LogP contribution is 2.18. The van der Waals surface area contributed by atoms with E-state index in [2.05, 4.69) is 12.2 Å². The van der Waals surface area contributed by atoms with Crippen molar-refractivity contribution in [3.63, 3.8) is 0 Å². The molecule has 0 saturated heterocycles. The number of aryl methyl sites for hydroxylation is 1. The molecule has 0 unspecified atom stereocenters. The fourth-order valence-electron chi connectivity index (χ4n) is 2.99. The third kappa shape index (κ3) is 6.79. The Hall–Kier alpha value is -3.02. The van der Waals surface area contributed by atoms with Crippen molar-refractivity contribution in [2.75, 3.05) is 20.3 Å². The fourth-order valence-corrected chi connectivity index (χ4v) is 2.99. The molecule has 6 nitrogen and oxygen atoms in total. The average Bonchev–Trinajstić information content (AvgIpc) is 2.76. The van der Waals surface area contributed by atoms with E-state index in [0.29, 0.717) is 18.8 Å². The first-order valence-corrected chi connectivity index (χ1v) is 10.3. The second kappa shape index (κ2) is 11.9. The van der Waals surface area contributed by atoms with Crippen LogP contribution >= 0.6 is 0 Å². The summed E-state index contributed by atoms with van der Waals surface area (Å²) in [7, 11) is 1.61. The number of methoxy groups -OCH3 is 1. The van der Waals surface area contributed by atoms with Gasteiger partial charge in [0.15, 0.2) is 6.61 Å². The molecule has 30 heavy (non-hydrogen) atoms. The van der Waals surface area contributed by atoms with Gasteiger partial charge < -0.3 is 19.7 Å². The molecule has 0 saturated carbocycles. The van der Waals surface area contributed by atoms with Crippen LogP contribution in [0, 0.1) is 6.92 Å². The molecule has 0 aromatic heterocycles. The van der Waals surface area contributed by atoms with Crippen LogP contribution in [0.4, 0.5) is 0 Å². The summed E-state index contributed by atoms with van der Waals surface area (Å²) in [6.07, 6.45) is 1.90. The Morgan fingerprint density at radius 2 is 1.80 bits per heavy atom. The molecule has 0 spiro atoms. The van der Waals surface area contributed by atoms with E-state index < -0.39 is 6.04 Å². The maximum Gasteiger partial charge on any atom is 0.261 e. The number of rotatable bonds is 11. The van der Waals surface area contributed by atoms with Gasteiger partial charge in [-0.1, -0.05) is 43.7 Å². The number of amides is 2. The smallest absolute Gasteiger partial charge is 0.261 e. The quantitative estimate of drug-likeness (QED) is 0.571. The third-order valence-electron chi connectivity index (χ3n) is 4.95. The van der Waals surface area contributed by atoms with Gasteiger partial charge in [0.1, 0.15) is 17.5 Å². The number of unbranched alkanes of at least 4 members (excludes halogenated alkanes) is 1. The lowest BCUT2D eigenvalue weighted by molar-refractivity contribution is -0.142. The van der Waals surface area contributed by atoms with Crippen LogP contribution in [0.1, 0.15) is 37.8 Å². The van der Waals surface area contributed by atoms with Crippen molar-refractivity contribution in [3.8, 4) is 11.5 Å². The van der Waals surface area contributed by atoms with E-state index in [1.807, 2.05) is 55.5 Å². The number of carbonyl (C=O) groups excluding carboxylic acids is 2. The third-order valence-corrected chi connectivity index (χ3v) is 4.95. The Morgan fingerprint density at radius 3 is 2.43 bits per heavy atom. The molecule has 0 radical (unpaired) electrons. The Kier molecular flexibility index (Phi) is 9.19. The molecule has 162 valence electrons. The maximum atomic E-state index is 13.0. The van der Waals surface area contributed by atoms with E-state index in [0.717, 1.165) is 29.7 Å². The van der Waals surface area contributed by atoms with Gasteiger partial charge in [-0.25, -0.2) is 0 Å². The minimum atomic E-state index is -0.614. The molecule has 0 aliphatic heterocycles. The van der Waals surface area contributed by atoms with Crippen molar-refractivity contribution >= 4 is 11.8 Å². The number of para-hydroxylation sites is 1. The molecule has 2 aromatic carbocycles. The number of ether oxygens (including phenoxy) is 2. The second-order valence-electron chi connectivity index (χ2n) is 7.24. The predicted molar refractivity (Wildman–Crippen MR) is 118 cm³/mol. The first-order valence-electron chi connectivity index (χ1n) is 10.3. The van der Waals surface area contributed by atoms with Crippen LogP contribution in [0.5, 0.6) is 11.5 Å². The zero-order valence-electron chi connectivity index (χ0n) is 18.3. The van der Waals surface area contributed by atoms with Crippen LogP contribution in [0.15, 0.2) is 48.5 Å². The summed E-state index contributed by atoms with van der Waals surface area (Å²) < 4.78 is 10.9. The summed E-state index contributed by atoms with van der Waals surface area (Å²) in [5, 5.41) is 2.91. The van der Waals surface area contributed by atoms with Crippen LogP contribution in [0.3, 0.4) is 0 Å². The van der Waals surface area contributed by atoms with Crippen molar-refractivity contribution < 1.29 is 19.1 Å². The van der Waals surface area contributed by atoms with Crippen LogP contribution in [-0.4, -0.2) is 43.0 Å². The van der Waals surface area contributed by atoms with Crippen LogP contribution in [0.2, 0.25) is 0 Å². The molecular weight excluding hydrogens is 380 g/mol. The molecule has 6 heteroatoms. The minimum absolute atomic E-state index is 0.131. The summed E-state index contributed by atoms with van der Waals surface area (Å²) >= 11 is 0. The number of nitrogens with one attached hydrogen (secondary N) is 1. The van der Waals surface area contributed by atoms with Crippen molar-refractivity contribution in [2.45, 2.75) is 46.2 Å². The lowest BCUT2D eigenvalue weighted by Crippen LogP contribution is -2.49. The van der Waals surface area contributed by atoms with E-state index in [1.165, 1.54) is 0 Å². The standard InChI is InChI=1S/C24H32N2O4/c1-5-6-15-25-24(28)19(3)26(16-20-11-13-21(29-4)14-12-20)23(27)17-30-22-10-8-7-9-18(22)2/h7-14,19H,5-6,15-17H2,1-4H3,(H,25,28)/t19-/m0/s1. The second-order valence-corrected chi connectivity index (χ2v) is 7.24. The van der Waals surface area contributed by atoms with E-state index in [-0.39, 0.29) is 18.4 Å². The molecule has 2 rings (SSSR count). The summed E-state index contributed by atoms with van der Waals surface area (Å²) in [6.45, 7) is 6.52. The molecule has 0 fully saturated rings. The van der Waals surface area contributed by atoms with Crippen LogP contribution in [0.25, 0.3) is 0 Å². The first kappa shape index (κ1) is 23.3. The minimum Gasteiger partial charge on any atom is -0.497 e. The molecule has 1 atom stereocenters. The van der Waals surface area contributed by atoms with E-state index >= 15 is 0 Å². The summed E-state index contributed by atoms with van der Waals surface area (Å²) in [6, 6.07) is 14.4. The van der Waals surface area contributed by atoms with Crippen molar-refractivity contribution in [1.29, 1.82) is 0 Å². The largest absolute Gasteiger partial charge is 0.497 e. The normalized spacial score (nSPS) is 11.5. The lowest BCUT2D eigenvalue weighted by atomic mass is 10.1. The van der Waals surface area contributed by atoms with Crippen molar-refractivity contribution in [1.82, 2.24) is 10.2 Å². The zero-order chi connectivity index (χ0) is 21.9. The number of hydrogen-bond donors (Lipinski definition) is 1. The number of carbonyl (C=O) groups is 2. The highest BCUT2D eigenvalue weighted by molar-refractivity contribution is 5.87. The van der Waals surface area contributed by atoms with Crippen molar-refractivity contribution in [3.05, 3.63) is 59.7 Å². The van der Waals surface area contributed by atoms with Gasteiger partial charge in [0.05, 0.1) is 7.11 Å². The molecule has 0 bridgehead atoms. The molecule has 0 heterocycles. The van der Waals surface area contributed by atoms with Gasteiger partial charge in [-0.15, -0.1) is 0 Å². The van der Waals surface area contributed by atoms with Gasteiger partial charge in [0.25, 0.3) is 5.91 Å². The van der Waals surface area contributed by atoms with Gasteiger partial charge in [-0.05, 0) is 49.6 Å². The highest BCUT2D eigenvalue weighted by Gasteiger charge is 2.26. The van der Waals surface area contributed by atoms with E-state index in [4.69, 9.17) is 9.47 Å². The van der Waals surface area contributed by atoms with Gasteiger partial charge in [-0.2, -0.15) is 0 Å². The van der Waals surface area contributed by atoms with E-state index in [9.17, 15) is 9.59 Å². The zero-order valence-corrected chi connectivity index (χ0v) is 18.3. The van der Waals surface area contributed by atoms with E-state index in [1.54, 1.807) is 18.9 Å². The fraction of sp³-hybridized carbons (Fsp3) is 0.417. The van der Waals surface area contributed by atoms with Crippen LogP contribution in [-0.2, 0) is 16.1 Å². The Balaban J connectivity index is 2.12. The Morgan fingerprint density at radius 1 is 1.10 bits per heavy atom. The summed E-state index contributed by atoms with van der Waals surface area (Å²) in [4.78, 5) is 27.2. The van der Waals surface area contributed by atoms with Gasteiger partial charge in [0.2, 0.25) is 5.91 Å². The average molecular weight is 413 g/mol. The van der Waals surface area contributed by atoms with Gasteiger partial charge >= 0.3 is 0 Å². The summed E-state index contributed by atoms with van der Waals surface area (Å²) in [5.41, 5.74) is 1.87. The number of nitrogens with zero attached hydrogens (tertiary/aromatic N) is 1. The first-order chi connectivity index (χ1) is 14.5. The highest BCUT2D eigenvalue weighted by atomic mass is 16.5. The van der Waals surface area contributed by atoms with Gasteiger partial charge in [-0.3, -0.25) is 9.59 Å². The molecule has 1 N–H and O–H groups in total. The maximum absolute atomic E-state index is 13.0. The summed E-state index contributed by atoms with van der Waals surface area (Å²) in [5.74, 6) is 0.994. The molecular formula is C24H32N2O4. The lowest BCUT2D eigenvalue weighted by Gasteiger charge is -2.29. The molecule has 2 amide bonds. The van der Waals surface area contributed by atoms with Crippen LogP contribution < -0.4 is 14.8 Å². The Labute approximate surface area is 179 Å².